The molecule has 0 radical (unpaired) electrons. The van der Waals surface area contributed by atoms with Crippen LogP contribution in [0.25, 0.3) is 0 Å². The summed E-state index contributed by atoms with van der Waals surface area (Å²) < 4.78 is 0. The zero-order chi connectivity index (χ0) is 11.0. The van der Waals surface area contributed by atoms with E-state index in [1.165, 1.54) is 16.0 Å². The first-order valence-electron chi connectivity index (χ1n) is 5.68. The lowest BCUT2D eigenvalue weighted by atomic mass is 9.78. The van der Waals surface area contributed by atoms with Crippen molar-refractivity contribution in [1.29, 1.82) is 0 Å². The number of thiophene rings is 1. The molecule has 0 saturated carbocycles. The number of nitrogens with two attached hydrogens (primary N) is 1. The van der Waals surface area contributed by atoms with E-state index in [2.05, 4.69) is 41.8 Å². The average Bonchev–Trinajstić information content (AvgIpc) is 2.83. The maximum atomic E-state index is 6.55. The molecule has 1 atom stereocenters. The van der Waals surface area contributed by atoms with Gasteiger partial charge in [-0.2, -0.15) is 0 Å². The molecule has 16 heavy (non-hydrogen) atoms. The summed E-state index contributed by atoms with van der Waals surface area (Å²) in [5.74, 6) is 0. The van der Waals surface area contributed by atoms with Crippen molar-refractivity contribution in [1.82, 2.24) is 0 Å². The number of aryl methyl sites for hydroxylation is 1. The Morgan fingerprint density at radius 2 is 1.88 bits per heavy atom. The molecule has 0 bridgehead atoms. The number of hydrogen-bond acceptors (Lipinski definition) is 2. The Morgan fingerprint density at radius 3 is 2.62 bits per heavy atom. The van der Waals surface area contributed by atoms with Gasteiger partial charge in [0.2, 0.25) is 0 Å². The standard InChI is InChI=1S/C14H15NS/c15-14(13-6-3-9-16-13)8-7-11-4-1-2-5-12(11)10-14/h1-6,9H,7-8,10,15H2. The molecule has 1 aliphatic carbocycles. The molecule has 82 valence electrons. The average molecular weight is 229 g/mol. The third-order valence-corrected chi connectivity index (χ3v) is 4.57. The van der Waals surface area contributed by atoms with Crippen molar-refractivity contribution in [2.75, 3.05) is 0 Å². The summed E-state index contributed by atoms with van der Waals surface area (Å²) in [4.78, 5) is 1.32. The number of fused-ring (bicyclic) bond motifs is 1. The molecular formula is C14H15NS. The zero-order valence-corrected chi connectivity index (χ0v) is 9.96. The first kappa shape index (κ1) is 10.1. The van der Waals surface area contributed by atoms with Crippen molar-refractivity contribution in [3.8, 4) is 0 Å². The minimum atomic E-state index is -0.136. The molecule has 1 nitrogen and oxygen atoms in total. The van der Waals surface area contributed by atoms with E-state index < -0.39 is 0 Å². The highest BCUT2D eigenvalue weighted by molar-refractivity contribution is 7.10. The summed E-state index contributed by atoms with van der Waals surface area (Å²) in [5, 5.41) is 2.12. The third-order valence-electron chi connectivity index (χ3n) is 3.48. The zero-order valence-electron chi connectivity index (χ0n) is 9.15. The van der Waals surface area contributed by atoms with Crippen LogP contribution in [-0.4, -0.2) is 0 Å². The molecule has 1 aromatic carbocycles. The molecule has 2 N–H and O–H groups in total. The van der Waals surface area contributed by atoms with Gasteiger partial charge in [-0.3, -0.25) is 0 Å². The smallest absolute Gasteiger partial charge is 0.0547 e. The molecule has 0 spiro atoms. The second-order valence-electron chi connectivity index (χ2n) is 4.58. The molecule has 1 aliphatic rings. The summed E-state index contributed by atoms with van der Waals surface area (Å²) in [5.41, 5.74) is 9.31. The molecule has 1 heterocycles. The van der Waals surface area contributed by atoms with Gasteiger partial charge in [-0.05, 0) is 41.8 Å². The van der Waals surface area contributed by atoms with Gasteiger partial charge in [0.1, 0.15) is 0 Å². The Kier molecular flexibility index (Phi) is 2.34. The molecule has 0 amide bonds. The van der Waals surface area contributed by atoms with Crippen molar-refractivity contribution in [2.24, 2.45) is 5.73 Å². The quantitative estimate of drug-likeness (QED) is 0.799. The summed E-state index contributed by atoms with van der Waals surface area (Å²) in [6.45, 7) is 0. The van der Waals surface area contributed by atoms with Crippen LogP contribution in [-0.2, 0) is 18.4 Å². The van der Waals surface area contributed by atoms with Crippen LogP contribution in [0.3, 0.4) is 0 Å². The maximum absolute atomic E-state index is 6.55. The predicted octanol–water partition coefficient (Wildman–Crippen LogP) is 3.09. The summed E-state index contributed by atoms with van der Waals surface area (Å²) in [6, 6.07) is 12.9. The lowest BCUT2D eigenvalue weighted by Crippen LogP contribution is -2.41. The van der Waals surface area contributed by atoms with Crippen molar-refractivity contribution in [3.05, 3.63) is 57.8 Å². The van der Waals surface area contributed by atoms with Gasteiger partial charge >= 0.3 is 0 Å². The van der Waals surface area contributed by atoms with E-state index in [9.17, 15) is 0 Å². The molecule has 2 heteroatoms. The lowest BCUT2D eigenvalue weighted by molar-refractivity contribution is 0.393. The van der Waals surface area contributed by atoms with Crippen molar-refractivity contribution in [2.45, 2.75) is 24.8 Å². The first-order valence-corrected chi connectivity index (χ1v) is 6.56. The molecule has 1 aromatic heterocycles. The minimum Gasteiger partial charge on any atom is -0.320 e. The van der Waals surface area contributed by atoms with Crippen molar-refractivity contribution in [3.63, 3.8) is 0 Å². The van der Waals surface area contributed by atoms with Gasteiger partial charge in [0.25, 0.3) is 0 Å². The topological polar surface area (TPSA) is 26.0 Å². The fourth-order valence-electron chi connectivity index (χ4n) is 2.53. The lowest BCUT2D eigenvalue weighted by Gasteiger charge is -2.34. The van der Waals surface area contributed by atoms with E-state index in [4.69, 9.17) is 5.73 Å². The van der Waals surface area contributed by atoms with E-state index in [0.29, 0.717) is 0 Å². The fourth-order valence-corrected chi connectivity index (χ4v) is 3.40. The van der Waals surface area contributed by atoms with Crippen LogP contribution in [0, 0.1) is 0 Å². The Labute approximate surface area is 99.9 Å². The van der Waals surface area contributed by atoms with Gasteiger partial charge < -0.3 is 5.73 Å². The van der Waals surface area contributed by atoms with Crippen molar-refractivity contribution < 1.29 is 0 Å². The molecular weight excluding hydrogens is 214 g/mol. The highest BCUT2D eigenvalue weighted by atomic mass is 32.1. The van der Waals surface area contributed by atoms with Crippen LogP contribution in [0.1, 0.15) is 22.4 Å². The van der Waals surface area contributed by atoms with Crippen LogP contribution >= 0.6 is 11.3 Å². The van der Waals surface area contributed by atoms with Gasteiger partial charge in [0.05, 0.1) is 5.54 Å². The Bertz CT molecular complexity index is 489. The van der Waals surface area contributed by atoms with E-state index in [0.717, 1.165) is 19.3 Å². The van der Waals surface area contributed by atoms with E-state index in [1.807, 2.05) is 0 Å². The summed E-state index contributed by atoms with van der Waals surface area (Å²) >= 11 is 1.78. The molecule has 3 rings (SSSR count). The van der Waals surface area contributed by atoms with Crippen LogP contribution < -0.4 is 5.73 Å². The Balaban J connectivity index is 1.98. The van der Waals surface area contributed by atoms with Gasteiger partial charge in [0, 0.05) is 4.88 Å². The van der Waals surface area contributed by atoms with Crippen LogP contribution in [0.4, 0.5) is 0 Å². The van der Waals surface area contributed by atoms with E-state index >= 15 is 0 Å². The summed E-state index contributed by atoms with van der Waals surface area (Å²) in [7, 11) is 0. The Hall–Kier alpha value is -1.12. The second kappa shape index (κ2) is 3.72. The normalized spacial score (nSPS) is 24.1. The largest absolute Gasteiger partial charge is 0.320 e. The predicted molar refractivity (Wildman–Crippen MR) is 68.7 cm³/mol. The molecule has 2 aromatic rings. The van der Waals surface area contributed by atoms with Gasteiger partial charge in [0.15, 0.2) is 0 Å². The van der Waals surface area contributed by atoms with Crippen LogP contribution in [0.5, 0.6) is 0 Å². The summed E-state index contributed by atoms with van der Waals surface area (Å²) in [6.07, 6.45) is 3.14. The number of benzene rings is 1. The first-order chi connectivity index (χ1) is 7.78. The van der Waals surface area contributed by atoms with Gasteiger partial charge in [-0.1, -0.05) is 30.3 Å². The number of rotatable bonds is 1. The second-order valence-corrected chi connectivity index (χ2v) is 5.53. The monoisotopic (exact) mass is 229 g/mol. The SMILES string of the molecule is NC1(c2cccs2)CCc2ccccc2C1. The van der Waals surface area contributed by atoms with Crippen LogP contribution in [0.15, 0.2) is 41.8 Å². The van der Waals surface area contributed by atoms with Gasteiger partial charge in [-0.25, -0.2) is 0 Å². The molecule has 1 unspecified atom stereocenters. The maximum Gasteiger partial charge on any atom is 0.0547 e. The number of hydrogen-bond donors (Lipinski definition) is 1. The highest BCUT2D eigenvalue weighted by Crippen LogP contribution is 2.36. The van der Waals surface area contributed by atoms with Gasteiger partial charge in [-0.15, -0.1) is 11.3 Å². The molecule has 0 aliphatic heterocycles. The fraction of sp³-hybridized carbons (Fsp3) is 0.286. The third kappa shape index (κ3) is 1.58. The van der Waals surface area contributed by atoms with E-state index in [-0.39, 0.29) is 5.54 Å². The molecule has 0 fully saturated rings. The Morgan fingerprint density at radius 1 is 1.06 bits per heavy atom. The minimum absolute atomic E-state index is 0.136. The van der Waals surface area contributed by atoms with Crippen LogP contribution in [0.2, 0.25) is 0 Å². The van der Waals surface area contributed by atoms with Crippen molar-refractivity contribution >= 4 is 11.3 Å². The van der Waals surface area contributed by atoms with E-state index in [1.54, 1.807) is 11.3 Å². The highest BCUT2D eigenvalue weighted by Gasteiger charge is 2.32. The molecule has 0 saturated heterocycles.